The quantitative estimate of drug-likeness (QED) is 0.926. The third-order valence-corrected chi connectivity index (χ3v) is 4.95. The topological polar surface area (TPSA) is 50.5 Å². The first kappa shape index (κ1) is 15.0. The molecule has 0 aromatic carbocycles. The largest absolute Gasteiger partial charge is 0.390 e. The van der Waals surface area contributed by atoms with Crippen molar-refractivity contribution < 1.29 is 9.84 Å². The van der Waals surface area contributed by atoms with E-state index in [2.05, 4.69) is 34.6 Å². The van der Waals surface area contributed by atoms with Crippen molar-refractivity contribution >= 4 is 0 Å². The van der Waals surface area contributed by atoms with Crippen molar-refractivity contribution in [2.75, 3.05) is 19.7 Å². The monoisotopic (exact) mass is 293 g/mol. The molecule has 1 spiro atoms. The fourth-order valence-corrected chi connectivity index (χ4v) is 3.64. The summed E-state index contributed by atoms with van der Waals surface area (Å²) in [5.74, 6) is 0. The molecular weight excluding hydrogens is 266 g/mol. The standard InChI is InChI=1S/C16H27N3O2/c1-13(2)19-14(5-8-17-19)12-18-9-6-16(7-10-18)15(20)4-3-11-21-16/h5,8,13,15,20H,3-4,6-7,9-12H2,1-2H3/t15-/m0/s1. The van der Waals surface area contributed by atoms with Crippen LogP contribution in [0.15, 0.2) is 12.3 Å². The minimum atomic E-state index is -0.283. The number of rotatable bonds is 3. The van der Waals surface area contributed by atoms with Gasteiger partial charge < -0.3 is 9.84 Å². The number of nitrogens with zero attached hydrogens (tertiary/aromatic N) is 3. The van der Waals surface area contributed by atoms with E-state index in [1.54, 1.807) is 0 Å². The van der Waals surface area contributed by atoms with Gasteiger partial charge in [0.2, 0.25) is 0 Å². The lowest BCUT2D eigenvalue weighted by atomic mass is 9.82. The molecule has 5 nitrogen and oxygen atoms in total. The summed E-state index contributed by atoms with van der Waals surface area (Å²) in [5.41, 5.74) is 0.999. The maximum atomic E-state index is 10.3. The SMILES string of the molecule is CC(C)n1nccc1CN1CCC2(CC1)OCCC[C@@H]2O. The number of piperidine rings is 1. The highest BCUT2D eigenvalue weighted by Gasteiger charge is 2.43. The second-order valence-corrected chi connectivity index (χ2v) is 6.71. The predicted molar refractivity (Wildman–Crippen MR) is 81.0 cm³/mol. The second kappa shape index (κ2) is 6.07. The Kier molecular flexibility index (Phi) is 4.33. The Morgan fingerprint density at radius 2 is 2.19 bits per heavy atom. The van der Waals surface area contributed by atoms with E-state index in [4.69, 9.17) is 4.74 Å². The van der Waals surface area contributed by atoms with Gasteiger partial charge in [-0.2, -0.15) is 5.10 Å². The smallest absolute Gasteiger partial charge is 0.0964 e. The van der Waals surface area contributed by atoms with E-state index < -0.39 is 0 Å². The molecule has 0 amide bonds. The second-order valence-electron chi connectivity index (χ2n) is 6.71. The van der Waals surface area contributed by atoms with Crippen molar-refractivity contribution in [2.24, 2.45) is 0 Å². The number of hydrogen-bond donors (Lipinski definition) is 1. The van der Waals surface area contributed by atoms with Crippen LogP contribution < -0.4 is 0 Å². The average Bonchev–Trinajstić information content (AvgIpc) is 2.93. The van der Waals surface area contributed by atoms with Gasteiger partial charge in [-0.25, -0.2) is 0 Å². The fraction of sp³-hybridized carbons (Fsp3) is 0.812. The summed E-state index contributed by atoms with van der Waals surface area (Å²) in [7, 11) is 0. The number of likely N-dealkylation sites (tertiary alicyclic amines) is 1. The van der Waals surface area contributed by atoms with Crippen LogP contribution in [0.25, 0.3) is 0 Å². The zero-order valence-corrected chi connectivity index (χ0v) is 13.2. The van der Waals surface area contributed by atoms with Crippen LogP contribution in [0.4, 0.5) is 0 Å². The molecule has 3 rings (SSSR count). The van der Waals surface area contributed by atoms with Gasteiger partial charge in [0.05, 0.1) is 17.4 Å². The lowest BCUT2D eigenvalue weighted by Gasteiger charge is -2.46. The lowest BCUT2D eigenvalue weighted by Crippen LogP contribution is -2.55. The van der Waals surface area contributed by atoms with Crippen LogP contribution in [0.2, 0.25) is 0 Å². The zero-order chi connectivity index (χ0) is 14.9. The van der Waals surface area contributed by atoms with Crippen LogP contribution in [-0.4, -0.2) is 51.2 Å². The van der Waals surface area contributed by atoms with E-state index >= 15 is 0 Å². The molecule has 1 aromatic heterocycles. The summed E-state index contributed by atoms with van der Waals surface area (Å²) in [6.07, 6.45) is 5.35. The van der Waals surface area contributed by atoms with Gasteiger partial charge in [0, 0.05) is 38.5 Å². The molecule has 0 bridgehead atoms. The first-order valence-electron chi connectivity index (χ1n) is 8.17. The molecule has 118 valence electrons. The molecule has 21 heavy (non-hydrogen) atoms. The van der Waals surface area contributed by atoms with E-state index in [-0.39, 0.29) is 11.7 Å². The summed E-state index contributed by atoms with van der Waals surface area (Å²) >= 11 is 0. The Bertz CT molecular complexity index is 464. The van der Waals surface area contributed by atoms with Gasteiger partial charge in [-0.15, -0.1) is 0 Å². The van der Waals surface area contributed by atoms with E-state index in [1.165, 1.54) is 5.69 Å². The van der Waals surface area contributed by atoms with Gasteiger partial charge in [-0.05, 0) is 45.6 Å². The normalized spacial score (nSPS) is 26.6. The van der Waals surface area contributed by atoms with Crippen molar-refractivity contribution in [3.63, 3.8) is 0 Å². The number of aliphatic hydroxyl groups is 1. The maximum absolute atomic E-state index is 10.3. The molecule has 5 heteroatoms. The van der Waals surface area contributed by atoms with E-state index in [1.807, 2.05) is 6.20 Å². The van der Waals surface area contributed by atoms with E-state index in [0.29, 0.717) is 6.04 Å². The van der Waals surface area contributed by atoms with E-state index in [0.717, 1.165) is 51.9 Å². The third-order valence-electron chi connectivity index (χ3n) is 4.95. The summed E-state index contributed by atoms with van der Waals surface area (Å²) in [5, 5.41) is 14.7. The van der Waals surface area contributed by atoms with Crippen LogP contribution >= 0.6 is 0 Å². The molecule has 1 N–H and O–H groups in total. The minimum absolute atomic E-state index is 0.271. The van der Waals surface area contributed by atoms with Crippen molar-refractivity contribution in [3.8, 4) is 0 Å². The number of ether oxygens (including phenoxy) is 1. The van der Waals surface area contributed by atoms with Crippen LogP contribution in [0, 0.1) is 0 Å². The Hall–Kier alpha value is -0.910. The van der Waals surface area contributed by atoms with Gasteiger partial charge in [-0.3, -0.25) is 9.58 Å². The number of aromatic nitrogens is 2. The van der Waals surface area contributed by atoms with Crippen molar-refractivity contribution in [3.05, 3.63) is 18.0 Å². The first-order valence-corrected chi connectivity index (χ1v) is 8.17. The molecule has 1 aromatic rings. The highest BCUT2D eigenvalue weighted by Crippen LogP contribution is 2.35. The lowest BCUT2D eigenvalue weighted by molar-refractivity contribution is -0.177. The third kappa shape index (κ3) is 3.00. The molecule has 1 atom stereocenters. The molecule has 2 aliphatic heterocycles. The molecule has 2 fully saturated rings. The van der Waals surface area contributed by atoms with Gasteiger partial charge >= 0.3 is 0 Å². The highest BCUT2D eigenvalue weighted by molar-refractivity contribution is 5.03. The molecule has 3 heterocycles. The molecular formula is C16H27N3O2. The van der Waals surface area contributed by atoms with Gasteiger partial charge in [0.25, 0.3) is 0 Å². The molecule has 0 saturated carbocycles. The Morgan fingerprint density at radius 3 is 2.86 bits per heavy atom. The number of aliphatic hydroxyl groups excluding tert-OH is 1. The van der Waals surface area contributed by atoms with Crippen LogP contribution in [-0.2, 0) is 11.3 Å². The first-order chi connectivity index (χ1) is 10.1. The van der Waals surface area contributed by atoms with Crippen molar-refractivity contribution in [1.29, 1.82) is 0 Å². The Labute approximate surface area is 126 Å². The Balaban J connectivity index is 1.60. The molecule has 2 aliphatic rings. The highest BCUT2D eigenvalue weighted by atomic mass is 16.5. The summed E-state index contributed by atoms with van der Waals surface area (Å²) in [6.45, 7) is 8.03. The maximum Gasteiger partial charge on any atom is 0.0964 e. The fourth-order valence-electron chi connectivity index (χ4n) is 3.64. The Morgan fingerprint density at radius 1 is 1.43 bits per heavy atom. The average molecular weight is 293 g/mol. The number of hydrogen-bond acceptors (Lipinski definition) is 4. The van der Waals surface area contributed by atoms with Crippen LogP contribution in [0.5, 0.6) is 0 Å². The van der Waals surface area contributed by atoms with Gasteiger partial charge in [0.1, 0.15) is 0 Å². The van der Waals surface area contributed by atoms with Crippen molar-refractivity contribution in [1.82, 2.24) is 14.7 Å². The predicted octanol–water partition coefficient (Wildman–Crippen LogP) is 1.97. The minimum Gasteiger partial charge on any atom is -0.390 e. The van der Waals surface area contributed by atoms with E-state index in [9.17, 15) is 5.11 Å². The zero-order valence-electron chi connectivity index (χ0n) is 13.2. The van der Waals surface area contributed by atoms with Crippen LogP contribution in [0.1, 0.15) is 51.3 Å². The summed E-state index contributed by atoms with van der Waals surface area (Å²) in [4.78, 5) is 2.45. The van der Waals surface area contributed by atoms with Gasteiger partial charge in [-0.1, -0.05) is 0 Å². The molecule has 2 saturated heterocycles. The van der Waals surface area contributed by atoms with Gasteiger partial charge in [0.15, 0.2) is 0 Å². The van der Waals surface area contributed by atoms with Crippen molar-refractivity contribution in [2.45, 2.75) is 63.8 Å². The molecule has 0 radical (unpaired) electrons. The van der Waals surface area contributed by atoms with Crippen LogP contribution in [0.3, 0.4) is 0 Å². The molecule has 0 aliphatic carbocycles. The summed E-state index contributed by atoms with van der Waals surface area (Å²) in [6, 6.07) is 2.51. The summed E-state index contributed by atoms with van der Waals surface area (Å²) < 4.78 is 8.06. The molecule has 0 unspecified atom stereocenters.